The van der Waals surface area contributed by atoms with Crippen molar-refractivity contribution in [2.24, 2.45) is 10.9 Å². The number of rotatable bonds is 5. The van der Waals surface area contributed by atoms with E-state index in [4.69, 9.17) is 15.7 Å². The van der Waals surface area contributed by atoms with Gasteiger partial charge < -0.3 is 21.0 Å². The van der Waals surface area contributed by atoms with Gasteiger partial charge in [0.1, 0.15) is 5.75 Å². The van der Waals surface area contributed by atoms with E-state index in [0.717, 1.165) is 11.3 Å². The highest BCUT2D eigenvalue weighted by Gasteiger charge is 2.05. The third-order valence-corrected chi connectivity index (χ3v) is 2.33. The van der Waals surface area contributed by atoms with E-state index < -0.39 is 0 Å². The molecule has 0 aliphatic carbocycles. The van der Waals surface area contributed by atoms with Gasteiger partial charge in [0.05, 0.1) is 13.2 Å². The fraction of sp³-hybridized carbons (Fsp3) is 0.364. The highest BCUT2D eigenvalue weighted by atomic mass is 16.5. The first-order valence-electron chi connectivity index (χ1n) is 5.01. The predicted molar refractivity (Wildman–Crippen MR) is 62.7 cm³/mol. The van der Waals surface area contributed by atoms with Crippen LogP contribution in [0, 0.1) is 0 Å². The number of ether oxygens (including phenoxy) is 1. The largest absolute Gasteiger partial charge is 0.497 e. The van der Waals surface area contributed by atoms with E-state index in [2.05, 4.69) is 10.5 Å². The van der Waals surface area contributed by atoms with Gasteiger partial charge in [-0.3, -0.25) is 0 Å². The van der Waals surface area contributed by atoms with Crippen LogP contribution in [0.2, 0.25) is 0 Å². The lowest BCUT2D eigenvalue weighted by Gasteiger charge is -2.12. The van der Waals surface area contributed by atoms with Gasteiger partial charge >= 0.3 is 0 Å². The fourth-order valence-electron chi connectivity index (χ4n) is 1.21. The molecule has 1 aromatic carbocycles. The Hall–Kier alpha value is -1.75. The molecular weight excluding hydrogens is 206 g/mol. The Kier molecular flexibility index (Phi) is 4.60. The van der Waals surface area contributed by atoms with Crippen LogP contribution in [0.3, 0.4) is 0 Å². The van der Waals surface area contributed by atoms with Crippen molar-refractivity contribution in [3.63, 3.8) is 0 Å². The first-order valence-corrected chi connectivity index (χ1v) is 5.01. The van der Waals surface area contributed by atoms with Crippen molar-refractivity contribution in [1.82, 2.24) is 5.32 Å². The summed E-state index contributed by atoms with van der Waals surface area (Å²) in [6.07, 6.45) is 0. The summed E-state index contributed by atoms with van der Waals surface area (Å²) >= 11 is 0. The first kappa shape index (κ1) is 12.3. The Morgan fingerprint density at radius 2 is 2.12 bits per heavy atom. The molecule has 1 aromatic rings. The van der Waals surface area contributed by atoms with E-state index in [9.17, 15) is 0 Å². The Morgan fingerprint density at radius 3 is 2.62 bits per heavy atom. The highest BCUT2D eigenvalue weighted by Crippen LogP contribution is 2.10. The highest BCUT2D eigenvalue weighted by molar-refractivity contribution is 5.84. The van der Waals surface area contributed by atoms with E-state index in [1.165, 1.54) is 0 Å². The standard InChI is InChI=1S/C11H17N3O2/c1-8(11(12)14-15)13-7-9-3-5-10(16-2)6-4-9/h3-6,8,13,15H,7H2,1-2H3,(H2,12,14). The van der Waals surface area contributed by atoms with E-state index in [1.54, 1.807) is 7.11 Å². The predicted octanol–water partition coefficient (Wildman–Crippen LogP) is 0.920. The molecule has 16 heavy (non-hydrogen) atoms. The van der Waals surface area contributed by atoms with Crippen LogP contribution in [0.5, 0.6) is 5.75 Å². The number of nitrogens with zero attached hydrogens (tertiary/aromatic N) is 1. The number of oxime groups is 1. The Morgan fingerprint density at radius 1 is 1.50 bits per heavy atom. The second-order valence-electron chi connectivity index (χ2n) is 3.48. The molecule has 0 aromatic heterocycles. The fourth-order valence-corrected chi connectivity index (χ4v) is 1.21. The zero-order valence-corrected chi connectivity index (χ0v) is 9.47. The van der Waals surface area contributed by atoms with Gasteiger partial charge in [-0.05, 0) is 24.6 Å². The van der Waals surface area contributed by atoms with Crippen LogP contribution in [0.4, 0.5) is 0 Å². The Labute approximate surface area is 94.9 Å². The number of nitrogens with two attached hydrogens (primary N) is 1. The average molecular weight is 223 g/mol. The maximum atomic E-state index is 8.48. The molecule has 88 valence electrons. The van der Waals surface area contributed by atoms with Gasteiger partial charge in [-0.1, -0.05) is 17.3 Å². The van der Waals surface area contributed by atoms with Gasteiger partial charge in [0, 0.05) is 6.54 Å². The molecule has 0 heterocycles. The molecule has 0 aliphatic heterocycles. The van der Waals surface area contributed by atoms with Crippen LogP contribution in [-0.4, -0.2) is 24.2 Å². The van der Waals surface area contributed by atoms with E-state index in [1.807, 2.05) is 31.2 Å². The van der Waals surface area contributed by atoms with Gasteiger partial charge in [0.25, 0.3) is 0 Å². The summed E-state index contributed by atoms with van der Waals surface area (Å²) in [5.41, 5.74) is 6.55. The third kappa shape index (κ3) is 3.43. The Bertz CT molecular complexity index is 349. The summed E-state index contributed by atoms with van der Waals surface area (Å²) in [7, 11) is 1.63. The van der Waals surface area contributed by atoms with Gasteiger partial charge in [-0.15, -0.1) is 0 Å². The van der Waals surface area contributed by atoms with E-state index >= 15 is 0 Å². The molecule has 1 unspecified atom stereocenters. The molecule has 0 bridgehead atoms. The molecule has 0 aliphatic rings. The van der Waals surface area contributed by atoms with Crippen LogP contribution in [0.1, 0.15) is 12.5 Å². The monoisotopic (exact) mass is 223 g/mol. The van der Waals surface area contributed by atoms with Crippen molar-refractivity contribution >= 4 is 5.84 Å². The quantitative estimate of drug-likeness (QED) is 0.300. The second kappa shape index (κ2) is 5.97. The SMILES string of the molecule is COc1ccc(CNC(C)C(N)=NO)cc1. The number of benzene rings is 1. The summed E-state index contributed by atoms with van der Waals surface area (Å²) in [5.74, 6) is 1.00. The zero-order chi connectivity index (χ0) is 12.0. The topological polar surface area (TPSA) is 79.9 Å². The van der Waals surface area contributed by atoms with Gasteiger partial charge in [0.2, 0.25) is 0 Å². The van der Waals surface area contributed by atoms with Crippen molar-refractivity contribution in [1.29, 1.82) is 0 Å². The molecule has 0 spiro atoms. The Balaban J connectivity index is 2.48. The summed E-state index contributed by atoms with van der Waals surface area (Å²) < 4.78 is 5.06. The summed E-state index contributed by atoms with van der Waals surface area (Å²) in [5, 5.41) is 14.5. The first-order chi connectivity index (χ1) is 7.67. The van der Waals surface area contributed by atoms with Crippen molar-refractivity contribution in [2.45, 2.75) is 19.5 Å². The van der Waals surface area contributed by atoms with Crippen molar-refractivity contribution < 1.29 is 9.94 Å². The molecule has 1 atom stereocenters. The summed E-state index contributed by atoms with van der Waals surface area (Å²) in [4.78, 5) is 0. The molecule has 0 amide bonds. The number of methoxy groups -OCH3 is 1. The minimum Gasteiger partial charge on any atom is -0.497 e. The van der Waals surface area contributed by atoms with Crippen LogP contribution < -0.4 is 15.8 Å². The van der Waals surface area contributed by atoms with Gasteiger partial charge in [0.15, 0.2) is 5.84 Å². The molecule has 5 nitrogen and oxygen atoms in total. The second-order valence-corrected chi connectivity index (χ2v) is 3.48. The lowest BCUT2D eigenvalue weighted by atomic mass is 10.2. The average Bonchev–Trinajstić information content (AvgIpc) is 2.35. The smallest absolute Gasteiger partial charge is 0.156 e. The van der Waals surface area contributed by atoms with Gasteiger partial charge in [-0.2, -0.15) is 0 Å². The maximum absolute atomic E-state index is 8.48. The molecule has 0 radical (unpaired) electrons. The minimum atomic E-state index is -0.160. The van der Waals surface area contributed by atoms with Gasteiger partial charge in [-0.25, -0.2) is 0 Å². The van der Waals surface area contributed by atoms with Crippen LogP contribution in [0.15, 0.2) is 29.4 Å². The van der Waals surface area contributed by atoms with E-state index in [0.29, 0.717) is 6.54 Å². The molecular formula is C11H17N3O2. The summed E-state index contributed by atoms with van der Waals surface area (Å²) in [6, 6.07) is 7.55. The third-order valence-electron chi connectivity index (χ3n) is 2.33. The normalized spacial score (nSPS) is 13.5. The number of nitrogens with one attached hydrogen (secondary N) is 1. The van der Waals surface area contributed by atoms with Crippen LogP contribution >= 0.6 is 0 Å². The summed E-state index contributed by atoms with van der Waals surface area (Å²) in [6.45, 7) is 2.49. The molecule has 1 rings (SSSR count). The number of hydrogen-bond acceptors (Lipinski definition) is 4. The van der Waals surface area contributed by atoms with Crippen LogP contribution in [-0.2, 0) is 6.54 Å². The number of hydrogen-bond donors (Lipinski definition) is 3. The zero-order valence-electron chi connectivity index (χ0n) is 9.47. The lowest BCUT2D eigenvalue weighted by molar-refractivity contribution is 0.315. The van der Waals surface area contributed by atoms with Crippen LogP contribution in [0.25, 0.3) is 0 Å². The lowest BCUT2D eigenvalue weighted by Crippen LogP contribution is -2.38. The van der Waals surface area contributed by atoms with Crippen molar-refractivity contribution in [3.8, 4) is 5.75 Å². The maximum Gasteiger partial charge on any atom is 0.156 e. The molecule has 4 N–H and O–H groups in total. The molecule has 0 fully saturated rings. The van der Waals surface area contributed by atoms with Crippen molar-refractivity contribution in [3.05, 3.63) is 29.8 Å². The molecule has 5 heteroatoms. The van der Waals surface area contributed by atoms with Crippen molar-refractivity contribution in [2.75, 3.05) is 7.11 Å². The minimum absolute atomic E-state index is 0.160. The number of amidine groups is 1. The van der Waals surface area contributed by atoms with E-state index in [-0.39, 0.29) is 11.9 Å². The molecule has 0 saturated heterocycles. The molecule has 0 saturated carbocycles.